The van der Waals surface area contributed by atoms with Crippen LogP contribution in [0.25, 0.3) is 0 Å². The van der Waals surface area contributed by atoms with Crippen LogP contribution in [0.5, 0.6) is 0 Å². The van der Waals surface area contributed by atoms with Gasteiger partial charge in [0.15, 0.2) is 0 Å². The Bertz CT molecular complexity index is 379. The SMILES string of the molecule is CN1CCCc2cccc(CC(C)(C)O)c21. The standard InChI is InChI=1S/C14H21NO/c1-14(2,16)10-12-7-4-6-11-8-5-9-15(3)13(11)12/h4,6-7,16H,5,8-10H2,1-3H3. The molecule has 0 unspecified atom stereocenters. The largest absolute Gasteiger partial charge is 0.390 e. The van der Waals surface area contributed by atoms with Crippen molar-refractivity contribution in [3.05, 3.63) is 29.3 Å². The molecule has 1 aromatic rings. The minimum absolute atomic E-state index is 0.632. The Morgan fingerprint density at radius 1 is 1.38 bits per heavy atom. The van der Waals surface area contributed by atoms with E-state index in [2.05, 4.69) is 30.1 Å². The summed E-state index contributed by atoms with van der Waals surface area (Å²) in [5.41, 5.74) is 3.41. The second-order valence-corrected chi connectivity index (χ2v) is 5.44. The van der Waals surface area contributed by atoms with Crippen molar-refractivity contribution in [3.8, 4) is 0 Å². The van der Waals surface area contributed by atoms with Crippen LogP contribution in [0, 0.1) is 0 Å². The molecule has 88 valence electrons. The van der Waals surface area contributed by atoms with E-state index >= 15 is 0 Å². The van der Waals surface area contributed by atoms with Gasteiger partial charge in [-0.25, -0.2) is 0 Å². The maximum absolute atomic E-state index is 9.94. The van der Waals surface area contributed by atoms with Crippen LogP contribution in [-0.4, -0.2) is 24.3 Å². The summed E-state index contributed by atoms with van der Waals surface area (Å²) in [7, 11) is 2.14. The van der Waals surface area contributed by atoms with E-state index in [4.69, 9.17) is 0 Å². The molecule has 2 rings (SSSR count). The van der Waals surface area contributed by atoms with Gasteiger partial charge in [-0.3, -0.25) is 0 Å². The Kier molecular flexibility index (Phi) is 2.94. The van der Waals surface area contributed by atoms with E-state index in [1.165, 1.54) is 29.7 Å². The summed E-state index contributed by atoms with van der Waals surface area (Å²) in [6.07, 6.45) is 3.12. The molecule has 2 nitrogen and oxygen atoms in total. The van der Waals surface area contributed by atoms with Crippen molar-refractivity contribution in [1.29, 1.82) is 0 Å². The predicted molar refractivity (Wildman–Crippen MR) is 68.0 cm³/mol. The van der Waals surface area contributed by atoms with E-state index in [0.717, 1.165) is 13.0 Å². The van der Waals surface area contributed by atoms with Crippen molar-refractivity contribution in [2.45, 2.75) is 38.7 Å². The number of aryl methyl sites for hydroxylation is 1. The summed E-state index contributed by atoms with van der Waals surface area (Å²) >= 11 is 0. The molecule has 0 saturated carbocycles. The van der Waals surface area contributed by atoms with Gasteiger partial charge in [-0.1, -0.05) is 18.2 Å². The van der Waals surface area contributed by atoms with Crippen molar-refractivity contribution in [1.82, 2.24) is 0 Å². The van der Waals surface area contributed by atoms with E-state index in [0.29, 0.717) is 0 Å². The molecular weight excluding hydrogens is 198 g/mol. The zero-order chi connectivity index (χ0) is 11.8. The van der Waals surface area contributed by atoms with E-state index in [-0.39, 0.29) is 0 Å². The van der Waals surface area contributed by atoms with Crippen molar-refractivity contribution in [2.24, 2.45) is 0 Å². The Morgan fingerprint density at radius 2 is 2.12 bits per heavy atom. The highest BCUT2D eigenvalue weighted by molar-refractivity contribution is 5.61. The first-order valence-electron chi connectivity index (χ1n) is 6.02. The molecule has 0 saturated heterocycles. The van der Waals surface area contributed by atoms with Gasteiger partial charge in [0, 0.05) is 25.7 Å². The molecule has 1 aliphatic heterocycles. The fraction of sp³-hybridized carbons (Fsp3) is 0.571. The van der Waals surface area contributed by atoms with Crippen LogP contribution in [0.1, 0.15) is 31.4 Å². The maximum atomic E-state index is 9.94. The van der Waals surface area contributed by atoms with Crippen molar-refractivity contribution < 1.29 is 5.11 Å². The fourth-order valence-corrected chi connectivity index (χ4v) is 2.56. The van der Waals surface area contributed by atoms with E-state index in [1.54, 1.807) is 0 Å². The number of benzene rings is 1. The van der Waals surface area contributed by atoms with Crippen LogP contribution in [0.15, 0.2) is 18.2 Å². The summed E-state index contributed by atoms with van der Waals surface area (Å²) in [6, 6.07) is 6.45. The highest BCUT2D eigenvalue weighted by Gasteiger charge is 2.21. The Labute approximate surface area is 97.9 Å². The van der Waals surface area contributed by atoms with Crippen molar-refractivity contribution in [2.75, 3.05) is 18.5 Å². The summed E-state index contributed by atoms with van der Waals surface area (Å²) in [5, 5.41) is 9.94. The average Bonchev–Trinajstić information content (AvgIpc) is 2.15. The molecule has 16 heavy (non-hydrogen) atoms. The molecule has 0 aliphatic carbocycles. The van der Waals surface area contributed by atoms with Crippen LogP contribution >= 0.6 is 0 Å². The number of fused-ring (bicyclic) bond motifs is 1. The van der Waals surface area contributed by atoms with Gasteiger partial charge in [-0.2, -0.15) is 0 Å². The van der Waals surface area contributed by atoms with Gasteiger partial charge in [0.05, 0.1) is 5.60 Å². The third kappa shape index (κ3) is 2.38. The van der Waals surface area contributed by atoms with Crippen LogP contribution in [0.2, 0.25) is 0 Å². The Hall–Kier alpha value is -1.02. The van der Waals surface area contributed by atoms with Gasteiger partial charge >= 0.3 is 0 Å². The van der Waals surface area contributed by atoms with Gasteiger partial charge < -0.3 is 10.0 Å². The third-order valence-corrected chi connectivity index (χ3v) is 3.15. The van der Waals surface area contributed by atoms with Crippen LogP contribution < -0.4 is 4.90 Å². The molecule has 0 amide bonds. The first-order chi connectivity index (χ1) is 7.47. The number of nitrogens with zero attached hydrogens (tertiary/aromatic N) is 1. The molecule has 0 fully saturated rings. The highest BCUT2D eigenvalue weighted by Crippen LogP contribution is 2.31. The van der Waals surface area contributed by atoms with Crippen LogP contribution in [0.4, 0.5) is 5.69 Å². The first-order valence-corrected chi connectivity index (χ1v) is 6.02. The molecule has 0 atom stereocenters. The molecule has 1 aliphatic rings. The summed E-state index contributed by atoms with van der Waals surface area (Å²) in [5.74, 6) is 0. The van der Waals surface area contributed by atoms with E-state index in [1.807, 2.05) is 13.8 Å². The molecular formula is C14H21NO. The average molecular weight is 219 g/mol. The molecule has 1 N–H and O–H groups in total. The number of anilines is 1. The highest BCUT2D eigenvalue weighted by atomic mass is 16.3. The molecule has 0 spiro atoms. The lowest BCUT2D eigenvalue weighted by molar-refractivity contribution is 0.0810. The summed E-state index contributed by atoms with van der Waals surface area (Å²) in [4.78, 5) is 2.32. The minimum atomic E-state index is -0.632. The molecule has 1 aromatic carbocycles. The fourth-order valence-electron chi connectivity index (χ4n) is 2.56. The molecule has 2 heteroatoms. The number of rotatable bonds is 2. The summed E-state index contributed by atoms with van der Waals surface area (Å²) < 4.78 is 0. The predicted octanol–water partition coefficient (Wildman–Crippen LogP) is 2.38. The van der Waals surface area contributed by atoms with Gasteiger partial charge in [-0.05, 0) is 37.8 Å². The molecule has 1 heterocycles. The number of hydrogen-bond donors (Lipinski definition) is 1. The number of para-hydroxylation sites is 1. The second kappa shape index (κ2) is 4.10. The molecule has 0 bridgehead atoms. The lowest BCUT2D eigenvalue weighted by atomic mass is 9.92. The van der Waals surface area contributed by atoms with Gasteiger partial charge in [0.2, 0.25) is 0 Å². The zero-order valence-electron chi connectivity index (χ0n) is 10.5. The zero-order valence-corrected chi connectivity index (χ0v) is 10.5. The van der Waals surface area contributed by atoms with Gasteiger partial charge in [-0.15, -0.1) is 0 Å². The Morgan fingerprint density at radius 3 is 2.81 bits per heavy atom. The van der Waals surface area contributed by atoms with E-state index in [9.17, 15) is 5.11 Å². The quantitative estimate of drug-likeness (QED) is 0.825. The third-order valence-electron chi connectivity index (χ3n) is 3.15. The summed E-state index contributed by atoms with van der Waals surface area (Å²) in [6.45, 7) is 4.86. The normalized spacial score (nSPS) is 16.1. The topological polar surface area (TPSA) is 23.5 Å². The second-order valence-electron chi connectivity index (χ2n) is 5.44. The molecule has 0 radical (unpaired) electrons. The van der Waals surface area contributed by atoms with Crippen LogP contribution in [0.3, 0.4) is 0 Å². The lowest BCUT2D eigenvalue weighted by Crippen LogP contribution is -2.29. The maximum Gasteiger partial charge on any atom is 0.0632 e. The van der Waals surface area contributed by atoms with Crippen LogP contribution in [-0.2, 0) is 12.8 Å². The monoisotopic (exact) mass is 219 g/mol. The van der Waals surface area contributed by atoms with Gasteiger partial charge in [0.1, 0.15) is 0 Å². The number of aliphatic hydroxyl groups is 1. The van der Waals surface area contributed by atoms with Crippen molar-refractivity contribution in [3.63, 3.8) is 0 Å². The Balaban J connectivity index is 2.38. The smallest absolute Gasteiger partial charge is 0.0632 e. The minimum Gasteiger partial charge on any atom is -0.390 e. The molecule has 0 aromatic heterocycles. The van der Waals surface area contributed by atoms with E-state index < -0.39 is 5.60 Å². The van der Waals surface area contributed by atoms with Crippen molar-refractivity contribution >= 4 is 5.69 Å². The number of hydrogen-bond acceptors (Lipinski definition) is 2. The van der Waals surface area contributed by atoms with Gasteiger partial charge in [0.25, 0.3) is 0 Å². The first kappa shape index (κ1) is 11.5. The lowest BCUT2D eigenvalue weighted by Gasteiger charge is -2.31.